The number of nitrogens with one attached hydrogen (secondary N) is 2. The Balaban J connectivity index is 1.92. The minimum absolute atomic E-state index is 0.0108. The van der Waals surface area contributed by atoms with Crippen molar-refractivity contribution in [3.63, 3.8) is 0 Å². The van der Waals surface area contributed by atoms with Gasteiger partial charge in [-0.25, -0.2) is 0 Å². The van der Waals surface area contributed by atoms with Crippen LogP contribution in [-0.4, -0.2) is 28.3 Å². The fourth-order valence-electron chi connectivity index (χ4n) is 2.86. The summed E-state index contributed by atoms with van der Waals surface area (Å²) >= 11 is 0. The van der Waals surface area contributed by atoms with Crippen molar-refractivity contribution in [3.8, 4) is 0 Å². The highest BCUT2D eigenvalue weighted by molar-refractivity contribution is 5.91. The summed E-state index contributed by atoms with van der Waals surface area (Å²) in [7, 11) is 1.97. The molecule has 1 heterocycles. The van der Waals surface area contributed by atoms with Crippen LogP contribution >= 0.6 is 0 Å². The number of rotatable bonds is 5. The summed E-state index contributed by atoms with van der Waals surface area (Å²) in [6.45, 7) is 2.84. The molecule has 106 valence electrons. The minimum Gasteiger partial charge on any atom is -0.323 e. The second kappa shape index (κ2) is 6.19. The van der Waals surface area contributed by atoms with E-state index in [1.165, 1.54) is 19.3 Å². The minimum atomic E-state index is -0.0108. The van der Waals surface area contributed by atoms with E-state index in [1.807, 2.05) is 24.9 Å². The molecule has 2 rings (SSSR count). The van der Waals surface area contributed by atoms with Gasteiger partial charge < -0.3 is 10.6 Å². The van der Waals surface area contributed by atoms with E-state index in [-0.39, 0.29) is 11.4 Å². The van der Waals surface area contributed by atoms with Gasteiger partial charge in [-0.05, 0) is 26.8 Å². The molecule has 0 spiro atoms. The van der Waals surface area contributed by atoms with E-state index in [1.54, 1.807) is 6.20 Å². The Bertz CT molecular complexity index is 421. The van der Waals surface area contributed by atoms with Crippen molar-refractivity contribution < 1.29 is 4.79 Å². The van der Waals surface area contributed by atoms with Gasteiger partial charge in [-0.3, -0.25) is 9.48 Å². The zero-order valence-corrected chi connectivity index (χ0v) is 11.9. The van der Waals surface area contributed by atoms with Crippen molar-refractivity contribution in [2.45, 2.75) is 57.5 Å². The molecule has 0 bridgehead atoms. The van der Waals surface area contributed by atoms with E-state index >= 15 is 0 Å². The van der Waals surface area contributed by atoms with Crippen LogP contribution in [0.3, 0.4) is 0 Å². The van der Waals surface area contributed by atoms with Crippen molar-refractivity contribution in [1.82, 2.24) is 15.1 Å². The van der Waals surface area contributed by atoms with Crippen LogP contribution in [0.1, 0.15) is 45.4 Å². The Hall–Kier alpha value is -1.36. The summed E-state index contributed by atoms with van der Waals surface area (Å²) in [6.07, 6.45) is 9.99. The van der Waals surface area contributed by atoms with Crippen LogP contribution in [0.4, 0.5) is 5.69 Å². The van der Waals surface area contributed by atoms with E-state index in [0.29, 0.717) is 6.42 Å². The first-order valence-corrected chi connectivity index (χ1v) is 7.19. The molecule has 0 unspecified atom stereocenters. The highest BCUT2D eigenvalue weighted by atomic mass is 16.1. The number of anilines is 1. The number of carbonyl (C=O) groups excluding carboxylic acids is 1. The first kappa shape index (κ1) is 14.1. The number of hydrogen-bond acceptors (Lipinski definition) is 3. The molecule has 0 radical (unpaired) electrons. The van der Waals surface area contributed by atoms with Gasteiger partial charge in [-0.15, -0.1) is 0 Å². The fourth-order valence-corrected chi connectivity index (χ4v) is 2.86. The Morgan fingerprint density at radius 3 is 2.74 bits per heavy atom. The molecule has 5 heteroatoms. The van der Waals surface area contributed by atoms with E-state index in [4.69, 9.17) is 0 Å². The third-order valence-electron chi connectivity index (χ3n) is 4.08. The summed E-state index contributed by atoms with van der Waals surface area (Å²) in [6, 6.07) is 0. The van der Waals surface area contributed by atoms with Crippen molar-refractivity contribution in [2.24, 2.45) is 0 Å². The first-order valence-electron chi connectivity index (χ1n) is 7.19. The van der Waals surface area contributed by atoms with Gasteiger partial charge >= 0.3 is 0 Å². The maximum Gasteiger partial charge on any atom is 0.226 e. The van der Waals surface area contributed by atoms with Gasteiger partial charge in [0, 0.05) is 24.7 Å². The zero-order valence-electron chi connectivity index (χ0n) is 11.9. The van der Waals surface area contributed by atoms with Crippen LogP contribution in [0.2, 0.25) is 0 Å². The molecule has 1 aromatic rings. The lowest BCUT2D eigenvalue weighted by molar-refractivity contribution is -0.117. The number of nitrogens with zero attached hydrogens (tertiary/aromatic N) is 2. The molecule has 1 aliphatic rings. The Morgan fingerprint density at radius 1 is 1.42 bits per heavy atom. The molecule has 0 saturated heterocycles. The second-order valence-electron chi connectivity index (χ2n) is 5.40. The quantitative estimate of drug-likeness (QED) is 0.856. The average Bonchev–Trinajstić information content (AvgIpc) is 2.87. The van der Waals surface area contributed by atoms with E-state index < -0.39 is 0 Å². The normalized spacial score (nSPS) is 18.2. The molecule has 19 heavy (non-hydrogen) atoms. The Morgan fingerprint density at radius 2 is 2.16 bits per heavy atom. The van der Waals surface area contributed by atoms with Crippen LogP contribution in [0.25, 0.3) is 0 Å². The lowest BCUT2D eigenvalue weighted by atomic mass is 9.79. The highest BCUT2D eigenvalue weighted by Gasteiger charge is 2.32. The highest BCUT2D eigenvalue weighted by Crippen LogP contribution is 2.30. The molecule has 1 fully saturated rings. The second-order valence-corrected chi connectivity index (χ2v) is 5.40. The van der Waals surface area contributed by atoms with Gasteiger partial charge in [0.15, 0.2) is 0 Å². The van der Waals surface area contributed by atoms with Crippen molar-refractivity contribution in [3.05, 3.63) is 12.4 Å². The number of carbonyl (C=O) groups is 1. The van der Waals surface area contributed by atoms with Gasteiger partial charge in [0.1, 0.15) is 0 Å². The summed E-state index contributed by atoms with van der Waals surface area (Å²) in [5, 5.41) is 10.5. The lowest BCUT2D eigenvalue weighted by Gasteiger charge is -2.36. The van der Waals surface area contributed by atoms with E-state index in [0.717, 1.165) is 25.1 Å². The molecule has 0 aromatic carbocycles. The standard InChI is InChI=1S/C14H24N4O/c1-3-18-11-12(10-16-18)17-13(19)9-14(15-2)7-5-4-6-8-14/h10-11,15H,3-9H2,1-2H3,(H,17,19). The molecule has 1 amide bonds. The monoisotopic (exact) mass is 264 g/mol. The Kier molecular flexibility index (Phi) is 4.58. The molecular formula is C14H24N4O. The fraction of sp³-hybridized carbons (Fsp3) is 0.714. The molecule has 1 saturated carbocycles. The molecular weight excluding hydrogens is 240 g/mol. The number of aromatic nitrogens is 2. The summed E-state index contributed by atoms with van der Waals surface area (Å²) in [4.78, 5) is 12.2. The van der Waals surface area contributed by atoms with Crippen LogP contribution in [0, 0.1) is 0 Å². The average molecular weight is 264 g/mol. The molecule has 5 nitrogen and oxygen atoms in total. The predicted octanol–water partition coefficient (Wildman–Crippen LogP) is 2.15. The third kappa shape index (κ3) is 3.56. The van der Waals surface area contributed by atoms with Crippen molar-refractivity contribution in [1.29, 1.82) is 0 Å². The third-order valence-corrected chi connectivity index (χ3v) is 4.08. The predicted molar refractivity (Wildman–Crippen MR) is 76.0 cm³/mol. The SMILES string of the molecule is CCn1cc(NC(=O)CC2(NC)CCCCC2)cn1. The van der Waals surface area contributed by atoms with E-state index in [2.05, 4.69) is 15.7 Å². The van der Waals surface area contributed by atoms with Crippen LogP contribution < -0.4 is 10.6 Å². The number of aryl methyl sites for hydroxylation is 1. The molecule has 1 aromatic heterocycles. The zero-order chi connectivity index (χ0) is 13.7. The number of amides is 1. The molecule has 2 N–H and O–H groups in total. The molecule has 0 atom stereocenters. The van der Waals surface area contributed by atoms with Gasteiger partial charge in [-0.2, -0.15) is 5.10 Å². The van der Waals surface area contributed by atoms with Gasteiger partial charge in [0.25, 0.3) is 0 Å². The largest absolute Gasteiger partial charge is 0.323 e. The van der Waals surface area contributed by atoms with Gasteiger partial charge in [0.2, 0.25) is 5.91 Å². The van der Waals surface area contributed by atoms with E-state index in [9.17, 15) is 4.79 Å². The van der Waals surface area contributed by atoms with Crippen molar-refractivity contribution in [2.75, 3.05) is 12.4 Å². The first-order chi connectivity index (χ1) is 9.17. The maximum absolute atomic E-state index is 12.2. The smallest absolute Gasteiger partial charge is 0.226 e. The van der Waals surface area contributed by atoms with Gasteiger partial charge in [0.05, 0.1) is 11.9 Å². The van der Waals surface area contributed by atoms with Crippen LogP contribution in [-0.2, 0) is 11.3 Å². The van der Waals surface area contributed by atoms with Crippen molar-refractivity contribution >= 4 is 11.6 Å². The molecule has 1 aliphatic carbocycles. The summed E-state index contributed by atoms with van der Waals surface area (Å²) in [5.74, 6) is 0.0758. The molecule has 0 aliphatic heterocycles. The lowest BCUT2D eigenvalue weighted by Crippen LogP contribution is -2.47. The Labute approximate surface area is 114 Å². The topological polar surface area (TPSA) is 59.0 Å². The summed E-state index contributed by atoms with van der Waals surface area (Å²) < 4.78 is 1.81. The van der Waals surface area contributed by atoms with Crippen LogP contribution in [0.5, 0.6) is 0 Å². The summed E-state index contributed by atoms with van der Waals surface area (Å²) in [5.41, 5.74) is 0.775. The van der Waals surface area contributed by atoms with Crippen LogP contribution in [0.15, 0.2) is 12.4 Å². The number of hydrogen-bond donors (Lipinski definition) is 2. The maximum atomic E-state index is 12.2. The van der Waals surface area contributed by atoms with Gasteiger partial charge in [-0.1, -0.05) is 19.3 Å².